The van der Waals surface area contributed by atoms with E-state index in [1.54, 1.807) is 89.2 Å². The van der Waals surface area contributed by atoms with Crippen molar-refractivity contribution < 1.29 is 57.1 Å². The number of halogens is 13. The van der Waals surface area contributed by atoms with E-state index in [9.17, 15) is 57.1 Å². The molecule has 0 N–H and O–H groups in total. The Morgan fingerprint density at radius 1 is 0.260 bits per heavy atom. The van der Waals surface area contributed by atoms with Crippen LogP contribution in [0.15, 0.2) is 164 Å². The molecule has 0 saturated heterocycles. The van der Waals surface area contributed by atoms with Crippen LogP contribution in [0.25, 0.3) is 55.3 Å². The highest BCUT2D eigenvalue weighted by Crippen LogP contribution is 2.38. The molecule has 0 aliphatic carbocycles. The Morgan fingerprint density at radius 3 is 0.918 bits per heavy atom. The second kappa shape index (κ2) is 22.8. The summed E-state index contributed by atoms with van der Waals surface area (Å²) in [7, 11) is 0. The second-order valence-electron chi connectivity index (χ2n) is 17.5. The van der Waals surface area contributed by atoms with Crippen molar-refractivity contribution in [2.75, 3.05) is 0 Å². The third kappa shape index (κ3) is 14.5. The van der Waals surface area contributed by atoms with Crippen LogP contribution >= 0.6 is 0 Å². The maximum absolute atomic E-state index is 13.4. The highest BCUT2D eigenvalue weighted by Gasteiger charge is 2.32. The van der Waals surface area contributed by atoms with Gasteiger partial charge in [-0.1, -0.05) is 103 Å². The molecule has 9 aromatic carbocycles. The smallest absolute Gasteiger partial charge is 0.207 e. The summed E-state index contributed by atoms with van der Waals surface area (Å²) in [4.78, 5) is 0. The average molecular weight is 1010 g/mol. The molecule has 0 spiro atoms. The molecule has 0 aromatic heterocycles. The second-order valence-corrected chi connectivity index (χ2v) is 17.5. The number of rotatable bonds is 4. The highest BCUT2D eigenvalue weighted by molar-refractivity contribution is 5.83. The molecule has 9 aromatic rings. The summed E-state index contributed by atoms with van der Waals surface area (Å²) < 4.78 is 171. The van der Waals surface area contributed by atoms with Crippen molar-refractivity contribution in [3.8, 4) is 44.5 Å². The summed E-state index contributed by atoms with van der Waals surface area (Å²) in [6.07, 6.45) is -8.96. The first-order valence-corrected chi connectivity index (χ1v) is 22.3. The minimum absolute atomic E-state index is 0.0596. The molecule has 9 rings (SSSR count). The molecule has 376 valence electrons. The van der Waals surface area contributed by atoms with Crippen LogP contribution < -0.4 is 0 Å². The largest absolute Gasteiger partial charge is 0.416 e. The molecule has 0 heterocycles. The molecule has 0 atom stereocenters. The van der Waals surface area contributed by atoms with Gasteiger partial charge in [0.15, 0.2) is 34.9 Å². The number of benzene rings is 9. The van der Waals surface area contributed by atoms with Crippen LogP contribution in [0.2, 0.25) is 0 Å². The molecule has 13 heteroatoms. The zero-order valence-electron chi connectivity index (χ0n) is 40.0. The van der Waals surface area contributed by atoms with Crippen LogP contribution in [0, 0.1) is 82.3 Å². The summed E-state index contributed by atoms with van der Waals surface area (Å²) in [5.41, 5.74) is 5.30. The highest BCUT2D eigenvalue weighted by atomic mass is 19.4. The van der Waals surface area contributed by atoms with E-state index in [4.69, 9.17) is 0 Å². The zero-order valence-corrected chi connectivity index (χ0v) is 40.0. The van der Waals surface area contributed by atoms with E-state index in [1.807, 2.05) is 6.07 Å². The fraction of sp³-hybridized carbons (Fsp3) is 0.133. The molecule has 0 fully saturated rings. The monoisotopic (exact) mass is 1010 g/mol. The Hall–Kier alpha value is -7.67. The van der Waals surface area contributed by atoms with Gasteiger partial charge in [0.2, 0.25) is 0 Å². The van der Waals surface area contributed by atoms with Crippen LogP contribution in [0.4, 0.5) is 57.1 Å². The molecule has 0 amide bonds. The standard InChI is InChI=1S/C23H18F6.C19H10F6.C11H10.C7H7F/c1-13-4-16(18-6-14(2)8-20(11-18)22(24,25)26)10-17(5-13)19-7-15(3)9-21(12-19)23(27,28)29;1-9-2-10(12-5-14(20)18(24)15(21)6-12)4-11(3-9)13-7-16(22)19(25)17(23)8-13;1-9-6-7-10-4-2-3-5-11(10)8-9;1-6-4-2-3-5-7(6)8/h4-12H,1-3H3;2-8H,1H3;2-8H,1H3;2-5H,1H3. The molecular formula is C60H45F13. The van der Waals surface area contributed by atoms with Gasteiger partial charge in [-0.05, 0) is 191 Å². The van der Waals surface area contributed by atoms with Gasteiger partial charge >= 0.3 is 12.4 Å². The van der Waals surface area contributed by atoms with Crippen LogP contribution in [0.5, 0.6) is 0 Å². The van der Waals surface area contributed by atoms with Gasteiger partial charge in [0.25, 0.3) is 0 Å². The van der Waals surface area contributed by atoms with Gasteiger partial charge in [-0.25, -0.2) is 30.7 Å². The maximum Gasteiger partial charge on any atom is 0.416 e. The Labute approximate surface area is 414 Å². The first kappa shape index (κ1) is 54.7. The fourth-order valence-corrected chi connectivity index (χ4v) is 7.76. The molecule has 0 unspecified atom stereocenters. The summed E-state index contributed by atoms with van der Waals surface area (Å²) in [5, 5.41) is 2.64. The number of hydrogen-bond donors (Lipinski definition) is 0. The van der Waals surface area contributed by atoms with E-state index >= 15 is 0 Å². The molecule has 73 heavy (non-hydrogen) atoms. The molecule has 0 aliphatic rings. The summed E-state index contributed by atoms with van der Waals surface area (Å²) in [5.74, 6) is -8.70. The third-order valence-electron chi connectivity index (χ3n) is 11.2. The van der Waals surface area contributed by atoms with E-state index in [0.29, 0.717) is 55.6 Å². The summed E-state index contributed by atoms with van der Waals surface area (Å²) in [6.45, 7) is 10.4. The lowest BCUT2D eigenvalue weighted by Crippen LogP contribution is -2.05. The third-order valence-corrected chi connectivity index (χ3v) is 11.2. The molecule has 0 radical (unpaired) electrons. The molecule has 0 saturated carbocycles. The van der Waals surface area contributed by atoms with E-state index in [1.165, 1.54) is 28.5 Å². The van der Waals surface area contributed by atoms with Crippen molar-refractivity contribution in [1.29, 1.82) is 0 Å². The fourth-order valence-electron chi connectivity index (χ4n) is 7.76. The van der Waals surface area contributed by atoms with Gasteiger partial charge in [-0.2, -0.15) is 26.3 Å². The number of aryl methyl sites for hydroxylation is 6. The van der Waals surface area contributed by atoms with Crippen molar-refractivity contribution in [3.63, 3.8) is 0 Å². The van der Waals surface area contributed by atoms with Crippen LogP contribution in [0.3, 0.4) is 0 Å². The van der Waals surface area contributed by atoms with Gasteiger partial charge in [-0.3, -0.25) is 0 Å². The predicted molar refractivity (Wildman–Crippen MR) is 263 cm³/mol. The summed E-state index contributed by atoms with van der Waals surface area (Å²) >= 11 is 0. The van der Waals surface area contributed by atoms with Gasteiger partial charge < -0.3 is 0 Å². The summed E-state index contributed by atoms with van der Waals surface area (Å²) in [6, 6.07) is 42.0. The zero-order chi connectivity index (χ0) is 53.5. The number of hydrogen-bond acceptors (Lipinski definition) is 0. The number of fused-ring (bicyclic) bond motifs is 1. The van der Waals surface area contributed by atoms with Crippen LogP contribution in [-0.2, 0) is 12.4 Å². The lowest BCUT2D eigenvalue weighted by molar-refractivity contribution is -0.138. The van der Waals surface area contributed by atoms with Crippen molar-refractivity contribution in [1.82, 2.24) is 0 Å². The first-order chi connectivity index (χ1) is 34.2. The van der Waals surface area contributed by atoms with Gasteiger partial charge in [0, 0.05) is 0 Å². The normalized spacial score (nSPS) is 11.2. The minimum Gasteiger partial charge on any atom is -0.207 e. The van der Waals surface area contributed by atoms with Gasteiger partial charge in [0.05, 0.1) is 11.1 Å². The van der Waals surface area contributed by atoms with Gasteiger partial charge in [-0.15, -0.1) is 0 Å². The molecule has 0 bridgehead atoms. The first-order valence-electron chi connectivity index (χ1n) is 22.3. The van der Waals surface area contributed by atoms with Crippen molar-refractivity contribution in [3.05, 3.63) is 249 Å². The minimum atomic E-state index is -4.48. The molecule has 0 aliphatic heterocycles. The Balaban J connectivity index is 0.000000176. The van der Waals surface area contributed by atoms with E-state index in [0.717, 1.165) is 54.1 Å². The Kier molecular flexibility index (Phi) is 17.1. The lowest BCUT2D eigenvalue weighted by atomic mass is 9.93. The van der Waals surface area contributed by atoms with Crippen LogP contribution in [-0.4, -0.2) is 0 Å². The van der Waals surface area contributed by atoms with Crippen molar-refractivity contribution >= 4 is 10.8 Å². The Morgan fingerprint density at radius 2 is 0.575 bits per heavy atom. The van der Waals surface area contributed by atoms with E-state index in [-0.39, 0.29) is 16.9 Å². The quantitative estimate of drug-likeness (QED) is 0.122. The predicted octanol–water partition coefficient (Wildman–Crippen LogP) is 19.4. The molecular weight excluding hydrogens is 968 g/mol. The van der Waals surface area contributed by atoms with Crippen molar-refractivity contribution in [2.24, 2.45) is 0 Å². The maximum atomic E-state index is 13.4. The van der Waals surface area contributed by atoms with Crippen LogP contribution in [0.1, 0.15) is 44.5 Å². The SMILES string of the molecule is Cc1cc(-c2cc(C)cc(C(F)(F)F)c2)cc(-c2cc(C)cc(C(F)(F)F)c2)c1.Cc1cc(-c2cc(F)c(F)c(F)c2)cc(-c2cc(F)c(F)c(F)c2)c1.Cc1ccc2ccccc2c1.Cc1ccccc1F. The van der Waals surface area contributed by atoms with Crippen molar-refractivity contribution in [2.45, 2.75) is 53.9 Å². The van der Waals surface area contributed by atoms with E-state index < -0.39 is 58.4 Å². The topological polar surface area (TPSA) is 0 Å². The lowest BCUT2D eigenvalue weighted by Gasteiger charge is -2.14. The Bertz CT molecular complexity index is 3200. The average Bonchev–Trinajstić information content (AvgIpc) is 3.32. The van der Waals surface area contributed by atoms with E-state index in [2.05, 4.69) is 49.4 Å². The number of alkyl halides is 6. The molecule has 0 nitrogen and oxygen atoms in total. The van der Waals surface area contributed by atoms with Gasteiger partial charge in [0.1, 0.15) is 5.82 Å².